The number of benzene rings is 2. The van der Waals surface area contributed by atoms with Crippen LogP contribution in [0, 0.1) is 0 Å². The number of carbonyl (C=O) groups excluding carboxylic acids is 1. The Bertz CT molecular complexity index is 909. The molecule has 150 valence electrons. The second-order valence-corrected chi connectivity index (χ2v) is 10.0. The third-order valence-corrected chi connectivity index (χ3v) is 6.69. The summed E-state index contributed by atoms with van der Waals surface area (Å²) in [5, 5.41) is 0. The molecule has 1 aliphatic heterocycles. The van der Waals surface area contributed by atoms with E-state index in [1.54, 1.807) is 29.2 Å². The minimum atomic E-state index is -3.57. The van der Waals surface area contributed by atoms with Gasteiger partial charge in [0.15, 0.2) is 0 Å². The van der Waals surface area contributed by atoms with E-state index in [1.165, 1.54) is 0 Å². The summed E-state index contributed by atoms with van der Waals surface area (Å²) in [7, 11) is -3.57. The van der Waals surface area contributed by atoms with Crippen molar-refractivity contribution < 1.29 is 13.2 Å². The molecule has 0 bridgehead atoms. The summed E-state index contributed by atoms with van der Waals surface area (Å²) in [4.78, 5) is 14.6. The van der Waals surface area contributed by atoms with Gasteiger partial charge in [-0.15, -0.1) is 0 Å². The first-order valence-corrected chi connectivity index (χ1v) is 11.1. The van der Waals surface area contributed by atoms with E-state index in [2.05, 4.69) is 25.5 Å². The summed E-state index contributed by atoms with van der Waals surface area (Å²) in [6.07, 6.45) is 1.22. The molecule has 1 saturated heterocycles. The molecule has 0 spiro atoms. The van der Waals surface area contributed by atoms with Crippen LogP contribution in [0.3, 0.4) is 0 Å². The van der Waals surface area contributed by atoms with Crippen molar-refractivity contribution in [2.24, 2.45) is 0 Å². The average Bonchev–Trinajstić information content (AvgIpc) is 2.68. The molecule has 0 aliphatic carbocycles. The van der Waals surface area contributed by atoms with Gasteiger partial charge in [0.2, 0.25) is 10.0 Å². The van der Waals surface area contributed by atoms with Crippen LogP contribution in [-0.2, 0) is 15.4 Å². The van der Waals surface area contributed by atoms with Gasteiger partial charge in [0.1, 0.15) is 0 Å². The van der Waals surface area contributed by atoms with Gasteiger partial charge in [-0.1, -0.05) is 51.1 Å². The van der Waals surface area contributed by atoms with E-state index >= 15 is 0 Å². The smallest absolute Gasteiger partial charge is 0.253 e. The number of nitrogens with zero attached hydrogens (tertiary/aromatic N) is 1. The third kappa shape index (κ3) is 4.80. The molecule has 1 heterocycles. The molecule has 0 atom stereocenters. The van der Waals surface area contributed by atoms with E-state index in [0.717, 1.165) is 5.56 Å². The Morgan fingerprint density at radius 1 is 0.964 bits per heavy atom. The lowest BCUT2D eigenvalue weighted by Gasteiger charge is -2.32. The molecule has 5 nitrogen and oxygen atoms in total. The highest BCUT2D eigenvalue weighted by Gasteiger charge is 2.27. The van der Waals surface area contributed by atoms with E-state index < -0.39 is 10.0 Å². The van der Waals surface area contributed by atoms with Gasteiger partial charge < -0.3 is 4.90 Å². The number of piperidine rings is 1. The molecular formula is C22H28N2O3S. The summed E-state index contributed by atoms with van der Waals surface area (Å²) in [5.41, 5.74) is 1.74. The van der Waals surface area contributed by atoms with Crippen molar-refractivity contribution in [1.29, 1.82) is 0 Å². The van der Waals surface area contributed by atoms with Crippen molar-refractivity contribution in [2.45, 2.75) is 50.0 Å². The highest BCUT2D eigenvalue weighted by atomic mass is 32.2. The van der Waals surface area contributed by atoms with Gasteiger partial charge >= 0.3 is 0 Å². The maximum absolute atomic E-state index is 12.7. The maximum Gasteiger partial charge on any atom is 0.253 e. The molecule has 2 aromatic rings. The Hall–Kier alpha value is -2.18. The molecular weight excluding hydrogens is 372 g/mol. The number of rotatable bonds is 4. The zero-order valence-corrected chi connectivity index (χ0v) is 17.5. The zero-order valence-electron chi connectivity index (χ0n) is 16.7. The molecule has 28 heavy (non-hydrogen) atoms. The number of nitrogens with one attached hydrogen (secondary N) is 1. The van der Waals surface area contributed by atoms with Crippen molar-refractivity contribution in [2.75, 3.05) is 13.1 Å². The van der Waals surface area contributed by atoms with E-state index in [1.807, 2.05) is 30.3 Å². The number of sulfonamides is 1. The van der Waals surface area contributed by atoms with Gasteiger partial charge in [0, 0.05) is 24.7 Å². The SMILES string of the molecule is CC(C)(C)c1ccc(S(=O)(=O)NC2CCN(C(=O)c3ccccc3)CC2)cc1. The monoisotopic (exact) mass is 400 g/mol. The molecule has 0 saturated carbocycles. The normalized spacial score (nSPS) is 16.2. The average molecular weight is 401 g/mol. The highest BCUT2D eigenvalue weighted by molar-refractivity contribution is 7.89. The fourth-order valence-electron chi connectivity index (χ4n) is 3.39. The maximum atomic E-state index is 12.7. The van der Waals surface area contributed by atoms with Crippen LogP contribution in [0.1, 0.15) is 49.5 Å². The van der Waals surface area contributed by atoms with Crippen LogP contribution in [0.15, 0.2) is 59.5 Å². The topological polar surface area (TPSA) is 66.5 Å². The summed E-state index contributed by atoms with van der Waals surface area (Å²) >= 11 is 0. The zero-order chi connectivity index (χ0) is 20.4. The molecule has 6 heteroatoms. The molecule has 1 fully saturated rings. The van der Waals surface area contributed by atoms with Gasteiger partial charge in [-0.3, -0.25) is 4.79 Å². The number of hydrogen-bond donors (Lipinski definition) is 1. The van der Waals surface area contributed by atoms with Crippen LogP contribution in [-0.4, -0.2) is 38.4 Å². The standard InChI is InChI=1S/C22H28N2O3S/c1-22(2,3)18-9-11-20(12-10-18)28(26,27)23-19-13-15-24(16-14-19)21(25)17-7-5-4-6-8-17/h4-12,19,23H,13-16H2,1-3H3. The molecule has 0 unspecified atom stereocenters. The molecule has 1 amide bonds. The third-order valence-electron chi connectivity index (χ3n) is 5.16. The summed E-state index contributed by atoms with van der Waals surface area (Å²) in [6.45, 7) is 7.38. The second-order valence-electron chi connectivity index (χ2n) is 8.33. The number of hydrogen-bond acceptors (Lipinski definition) is 3. The predicted octanol–water partition coefficient (Wildman–Crippen LogP) is 3.57. The number of carbonyl (C=O) groups is 1. The van der Waals surface area contributed by atoms with Gasteiger partial charge in [-0.25, -0.2) is 13.1 Å². The first-order chi connectivity index (χ1) is 13.2. The first-order valence-electron chi connectivity index (χ1n) is 9.64. The lowest BCUT2D eigenvalue weighted by Crippen LogP contribution is -2.46. The Labute approximate surface area is 167 Å². The van der Waals surface area contributed by atoms with Crippen molar-refractivity contribution in [3.05, 3.63) is 65.7 Å². The lowest BCUT2D eigenvalue weighted by atomic mass is 9.87. The number of amides is 1. The Morgan fingerprint density at radius 3 is 2.07 bits per heavy atom. The van der Waals surface area contributed by atoms with Crippen molar-refractivity contribution in [3.8, 4) is 0 Å². The minimum Gasteiger partial charge on any atom is -0.339 e. The van der Waals surface area contributed by atoms with E-state index in [0.29, 0.717) is 31.5 Å². The first kappa shape index (κ1) is 20.6. The molecule has 1 aliphatic rings. The van der Waals surface area contributed by atoms with Crippen LogP contribution >= 0.6 is 0 Å². The summed E-state index contributed by atoms with van der Waals surface area (Å²) in [5.74, 6) is -0.000300. The molecule has 3 rings (SSSR count). The predicted molar refractivity (Wildman–Crippen MR) is 111 cm³/mol. The Kier molecular flexibility index (Phi) is 5.91. The Morgan fingerprint density at radius 2 is 1.54 bits per heavy atom. The summed E-state index contributed by atoms with van der Waals surface area (Å²) < 4.78 is 28.2. The van der Waals surface area contributed by atoms with Crippen LogP contribution in [0.5, 0.6) is 0 Å². The van der Waals surface area contributed by atoms with Gasteiger partial charge in [-0.05, 0) is 48.1 Å². The molecule has 0 aromatic heterocycles. The quantitative estimate of drug-likeness (QED) is 0.853. The van der Waals surface area contributed by atoms with Crippen molar-refractivity contribution in [1.82, 2.24) is 9.62 Å². The Balaban J connectivity index is 1.60. The van der Waals surface area contributed by atoms with Gasteiger partial charge in [-0.2, -0.15) is 0 Å². The van der Waals surface area contributed by atoms with Crippen LogP contribution in [0.25, 0.3) is 0 Å². The van der Waals surface area contributed by atoms with Gasteiger partial charge in [0.05, 0.1) is 4.90 Å². The largest absolute Gasteiger partial charge is 0.339 e. The van der Waals surface area contributed by atoms with Gasteiger partial charge in [0.25, 0.3) is 5.91 Å². The van der Waals surface area contributed by atoms with Crippen LogP contribution < -0.4 is 4.72 Å². The highest BCUT2D eigenvalue weighted by Crippen LogP contribution is 2.24. The second kappa shape index (κ2) is 8.05. The molecule has 1 N–H and O–H groups in total. The van der Waals surface area contributed by atoms with E-state index in [-0.39, 0.29) is 22.3 Å². The fraction of sp³-hybridized carbons (Fsp3) is 0.409. The summed E-state index contributed by atoms with van der Waals surface area (Å²) in [6, 6.07) is 16.1. The lowest BCUT2D eigenvalue weighted by molar-refractivity contribution is 0.0711. The molecule has 2 aromatic carbocycles. The number of likely N-dealkylation sites (tertiary alicyclic amines) is 1. The van der Waals surface area contributed by atoms with E-state index in [9.17, 15) is 13.2 Å². The fourth-order valence-corrected chi connectivity index (χ4v) is 4.69. The van der Waals surface area contributed by atoms with Crippen LogP contribution in [0.4, 0.5) is 0 Å². The minimum absolute atomic E-state index is 0.000300. The van der Waals surface area contributed by atoms with Crippen molar-refractivity contribution >= 4 is 15.9 Å². The van der Waals surface area contributed by atoms with Crippen molar-refractivity contribution in [3.63, 3.8) is 0 Å². The molecule has 0 radical (unpaired) electrons. The van der Waals surface area contributed by atoms with Crippen LogP contribution in [0.2, 0.25) is 0 Å². The van der Waals surface area contributed by atoms with E-state index in [4.69, 9.17) is 0 Å².